The molecule has 7 heteroatoms. The van der Waals surface area contributed by atoms with E-state index in [1.165, 1.54) is 0 Å². The van der Waals surface area contributed by atoms with Crippen molar-refractivity contribution in [3.63, 3.8) is 0 Å². The average molecular weight is 363 g/mol. The number of benzene rings is 2. The van der Waals surface area contributed by atoms with Crippen molar-refractivity contribution in [1.82, 2.24) is 15.0 Å². The number of aromatic nitrogens is 3. The minimum absolute atomic E-state index is 0.136. The molecule has 0 spiro atoms. The van der Waals surface area contributed by atoms with Crippen LogP contribution in [0.25, 0.3) is 22.0 Å². The van der Waals surface area contributed by atoms with Gasteiger partial charge < -0.3 is 20.2 Å². The molecule has 27 heavy (non-hydrogen) atoms. The van der Waals surface area contributed by atoms with Crippen LogP contribution in [0, 0.1) is 13.8 Å². The van der Waals surface area contributed by atoms with Crippen molar-refractivity contribution in [2.75, 3.05) is 23.8 Å². The Labute approximate surface area is 156 Å². The fourth-order valence-electron chi connectivity index (χ4n) is 2.97. The average Bonchev–Trinajstić information content (AvgIpc) is 3.01. The Morgan fingerprint density at radius 1 is 1.00 bits per heavy atom. The van der Waals surface area contributed by atoms with Crippen LogP contribution in [0.2, 0.25) is 0 Å². The third-order valence-electron chi connectivity index (χ3n) is 4.23. The number of hydrogen-bond acceptors (Lipinski definition) is 7. The second kappa shape index (κ2) is 7.20. The zero-order chi connectivity index (χ0) is 18.8. The Balaban J connectivity index is 1.70. The summed E-state index contributed by atoms with van der Waals surface area (Å²) in [6, 6.07) is 11.8. The molecule has 3 N–H and O–H groups in total. The van der Waals surface area contributed by atoms with Crippen molar-refractivity contribution in [3.8, 4) is 0 Å². The van der Waals surface area contributed by atoms with Gasteiger partial charge in [0.05, 0.1) is 5.52 Å². The van der Waals surface area contributed by atoms with Gasteiger partial charge in [-0.1, -0.05) is 11.6 Å². The maximum atomic E-state index is 9.04. The minimum Gasteiger partial charge on any atom is -0.441 e. The second-order valence-corrected chi connectivity index (χ2v) is 6.46. The van der Waals surface area contributed by atoms with Gasteiger partial charge in [0.2, 0.25) is 5.95 Å². The van der Waals surface area contributed by atoms with Gasteiger partial charge in [-0.15, -0.1) is 0 Å². The van der Waals surface area contributed by atoms with E-state index in [1.54, 1.807) is 0 Å². The van der Waals surface area contributed by atoms with Gasteiger partial charge in [-0.3, -0.25) is 0 Å². The van der Waals surface area contributed by atoms with Gasteiger partial charge in [0.25, 0.3) is 0 Å². The first-order chi connectivity index (χ1) is 13.1. The molecule has 0 atom stereocenters. The monoisotopic (exact) mass is 363 g/mol. The van der Waals surface area contributed by atoms with Crippen LogP contribution >= 0.6 is 0 Å². The van der Waals surface area contributed by atoms with E-state index >= 15 is 0 Å². The van der Waals surface area contributed by atoms with E-state index in [0.717, 1.165) is 39.1 Å². The lowest BCUT2D eigenvalue weighted by Crippen LogP contribution is -2.08. The Bertz CT molecular complexity index is 1110. The van der Waals surface area contributed by atoms with Crippen LogP contribution in [-0.4, -0.2) is 33.2 Å². The highest BCUT2D eigenvalue weighted by Gasteiger charge is 2.10. The maximum Gasteiger partial charge on any atom is 0.229 e. The molecule has 4 rings (SSSR count). The highest BCUT2D eigenvalue weighted by atomic mass is 16.3. The van der Waals surface area contributed by atoms with Crippen molar-refractivity contribution < 1.29 is 9.52 Å². The SMILES string of the molecule is Cc1ccc2nc(Nc3ccc4nc(C)oc4c3)nc(NCCCO)c2c1. The van der Waals surface area contributed by atoms with Gasteiger partial charge in [-0.25, -0.2) is 9.97 Å². The van der Waals surface area contributed by atoms with Crippen molar-refractivity contribution in [3.05, 3.63) is 47.9 Å². The van der Waals surface area contributed by atoms with Crippen molar-refractivity contribution in [1.29, 1.82) is 0 Å². The highest BCUT2D eigenvalue weighted by Crippen LogP contribution is 2.26. The molecule has 0 aliphatic carbocycles. The lowest BCUT2D eigenvalue weighted by molar-refractivity contribution is 0.292. The van der Waals surface area contributed by atoms with E-state index in [1.807, 2.05) is 44.2 Å². The molecule has 0 radical (unpaired) electrons. The molecule has 0 saturated carbocycles. The number of hydrogen-bond donors (Lipinski definition) is 3. The van der Waals surface area contributed by atoms with Crippen LogP contribution in [0.4, 0.5) is 17.5 Å². The number of fused-ring (bicyclic) bond motifs is 2. The summed E-state index contributed by atoms with van der Waals surface area (Å²) in [5.74, 6) is 1.87. The first-order valence-electron chi connectivity index (χ1n) is 8.90. The van der Waals surface area contributed by atoms with Gasteiger partial charge in [-0.2, -0.15) is 4.98 Å². The Morgan fingerprint density at radius 3 is 2.70 bits per heavy atom. The van der Waals surface area contributed by atoms with E-state index in [0.29, 0.717) is 24.8 Å². The summed E-state index contributed by atoms with van der Waals surface area (Å²) < 4.78 is 5.59. The second-order valence-electron chi connectivity index (χ2n) is 6.46. The quantitative estimate of drug-likeness (QED) is 0.447. The summed E-state index contributed by atoms with van der Waals surface area (Å²) in [6.07, 6.45) is 0.654. The molecule has 0 aliphatic rings. The van der Waals surface area contributed by atoms with Gasteiger partial charge in [0, 0.05) is 37.2 Å². The summed E-state index contributed by atoms with van der Waals surface area (Å²) in [5, 5.41) is 16.5. The van der Waals surface area contributed by atoms with Crippen LogP contribution in [0.3, 0.4) is 0 Å². The first kappa shape index (κ1) is 17.2. The van der Waals surface area contributed by atoms with E-state index < -0.39 is 0 Å². The molecule has 0 bridgehead atoms. The van der Waals surface area contributed by atoms with E-state index in [-0.39, 0.29) is 6.61 Å². The lowest BCUT2D eigenvalue weighted by atomic mass is 10.1. The summed E-state index contributed by atoms with van der Waals surface area (Å²) in [4.78, 5) is 13.6. The largest absolute Gasteiger partial charge is 0.441 e. The molecule has 0 unspecified atom stereocenters. The molecule has 0 amide bonds. The zero-order valence-corrected chi connectivity index (χ0v) is 15.3. The van der Waals surface area contributed by atoms with E-state index in [2.05, 4.69) is 31.7 Å². The van der Waals surface area contributed by atoms with Crippen molar-refractivity contribution in [2.45, 2.75) is 20.3 Å². The molecule has 2 aromatic heterocycles. The molecular weight excluding hydrogens is 342 g/mol. The van der Waals surface area contributed by atoms with Crippen LogP contribution < -0.4 is 10.6 Å². The Morgan fingerprint density at radius 2 is 1.85 bits per heavy atom. The standard InChI is InChI=1S/C20H21N5O2/c1-12-4-6-16-15(10-12)19(21-8-3-9-26)25-20(24-16)23-14-5-7-17-18(11-14)27-13(2)22-17/h4-7,10-11,26H,3,8-9H2,1-2H3,(H2,21,23,24,25). The van der Waals surface area contributed by atoms with Crippen molar-refractivity contribution >= 4 is 39.5 Å². The third-order valence-corrected chi connectivity index (χ3v) is 4.23. The highest BCUT2D eigenvalue weighted by molar-refractivity contribution is 5.91. The zero-order valence-electron chi connectivity index (χ0n) is 15.3. The number of oxazole rings is 1. The summed E-state index contributed by atoms with van der Waals surface area (Å²) in [7, 11) is 0. The molecule has 7 nitrogen and oxygen atoms in total. The van der Waals surface area contributed by atoms with Crippen LogP contribution in [-0.2, 0) is 0 Å². The normalized spacial score (nSPS) is 11.2. The fraction of sp³-hybridized carbons (Fsp3) is 0.250. The number of nitrogens with one attached hydrogen (secondary N) is 2. The molecular formula is C20H21N5O2. The van der Waals surface area contributed by atoms with Crippen LogP contribution in [0.1, 0.15) is 17.9 Å². The number of anilines is 3. The summed E-state index contributed by atoms with van der Waals surface area (Å²) in [6.45, 7) is 4.64. The lowest BCUT2D eigenvalue weighted by Gasteiger charge is -2.12. The Hall–Kier alpha value is -3.19. The predicted molar refractivity (Wildman–Crippen MR) is 106 cm³/mol. The van der Waals surface area contributed by atoms with Gasteiger partial charge in [-0.05, 0) is 37.6 Å². The molecule has 2 aromatic carbocycles. The molecule has 0 aliphatic heterocycles. The molecule has 2 heterocycles. The molecule has 0 fully saturated rings. The Kier molecular flexibility index (Phi) is 4.60. The topological polar surface area (TPSA) is 96.1 Å². The third kappa shape index (κ3) is 3.68. The van der Waals surface area contributed by atoms with Crippen molar-refractivity contribution in [2.24, 2.45) is 0 Å². The van der Waals surface area contributed by atoms with Gasteiger partial charge in [0.1, 0.15) is 11.3 Å². The summed E-state index contributed by atoms with van der Waals surface area (Å²) in [5.41, 5.74) is 4.35. The summed E-state index contributed by atoms with van der Waals surface area (Å²) >= 11 is 0. The number of aliphatic hydroxyl groups is 1. The maximum absolute atomic E-state index is 9.04. The van der Waals surface area contributed by atoms with Gasteiger partial charge >= 0.3 is 0 Å². The molecule has 0 saturated heterocycles. The number of nitrogens with zero attached hydrogens (tertiary/aromatic N) is 3. The molecule has 4 aromatic rings. The fourth-order valence-corrected chi connectivity index (χ4v) is 2.97. The van der Waals surface area contributed by atoms with E-state index in [9.17, 15) is 0 Å². The van der Waals surface area contributed by atoms with E-state index in [4.69, 9.17) is 9.52 Å². The predicted octanol–water partition coefficient (Wildman–Crippen LogP) is 3.93. The number of rotatable bonds is 6. The smallest absolute Gasteiger partial charge is 0.229 e. The van der Waals surface area contributed by atoms with Gasteiger partial charge in [0.15, 0.2) is 11.5 Å². The first-order valence-corrected chi connectivity index (χ1v) is 8.90. The van der Waals surface area contributed by atoms with Crippen LogP contribution in [0.15, 0.2) is 40.8 Å². The number of aryl methyl sites for hydroxylation is 2. The number of aliphatic hydroxyl groups excluding tert-OH is 1. The molecule has 138 valence electrons. The minimum atomic E-state index is 0.136. The van der Waals surface area contributed by atoms with Crippen LogP contribution in [0.5, 0.6) is 0 Å².